The van der Waals surface area contributed by atoms with E-state index in [0.29, 0.717) is 0 Å². The summed E-state index contributed by atoms with van der Waals surface area (Å²) in [5, 5.41) is 13.5. The molecule has 0 bridgehead atoms. The van der Waals surface area contributed by atoms with E-state index in [1.807, 2.05) is 0 Å². The highest BCUT2D eigenvalue weighted by molar-refractivity contribution is 7.14. The minimum Gasteiger partial charge on any atom is -0.328 e. The van der Waals surface area contributed by atoms with E-state index in [4.69, 9.17) is 0 Å². The van der Waals surface area contributed by atoms with Crippen LogP contribution in [0.25, 0.3) is 10.6 Å². The highest BCUT2D eigenvalue weighted by Gasteiger charge is 2.06. The third kappa shape index (κ3) is 3.48. The van der Waals surface area contributed by atoms with Gasteiger partial charge in [0.1, 0.15) is 10.0 Å². The van der Waals surface area contributed by atoms with Crippen LogP contribution in [0.4, 0.5) is 0 Å². The maximum atomic E-state index is 11.0. The number of aromatic amines is 1. The highest BCUT2D eigenvalue weighted by Crippen LogP contribution is 2.21. The van der Waals surface area contributed by atoms with E-state index in [9.17, 15) is 4.79 Å². The summed E-state index contributed by atoms with van der Waals surface area (Å²) in [5.74, 6) is 0. The molecule has 96 valence electrons. The quantitative estimate of drug-likeness (QED) is 0.774. The van der Waals surface area contributed by atoms with Gasteiger partial charge in [0.15, 0.2) is 0 Å². The van der Waals surface area contributed by atoms with E-state index in [0.717, 1.165) is 41.5 Å². The SMILES string of the molecule is CCCNCCc1nnc(-c2ccc(=O)[nH]c2)s1. The lowest BCUT2D eigenvalue weighted by Gasteiger charge is -1.98. The van der Waals surface area contributed by atoms with Gasteiger partial charge in [-0.15, -0.1) is 10.2 Å². The van der Waals surface area contributed by atoms with Crippen molar-refractivity contribution in [2.75, 3.05) is 13.1 Å². The standard InChI is InChI=1S/C12H16N4OS/c1-2-6-13-7-5-11-15-16-12(18-11)9-3-4-10(17)14-8-9/h3-4,8,13H,2,5-7H2,1H3,(H,14,17). The number of nitrogens with one attached hydrogen (secondary N) is 2. The monoisotopic (exact) mass is 264 g/mol. The summed E-state index contributed by atoms with van der Waals surface area (Å²) in [6, 6.07) is 3.26. The van der Waals surface area contributed by atoms with Crippen molar-refractivity contribution in [2.45, 2.75) is 19.8 Å². The molecule has 6 heteroatoms. The summed E-state index contributed by atoms with van der Waals surface area (Å²) in [7, 11) is 0. The summed E-state index contributed by atoms with van der Waals surface area (Å²) in [4.78, 5) is 13.6. The van der Waals surface area contributed by atoms with Gasteiger partial charge < -0.3 is 10.3 Å². The van der Waals surface area contributed by atoms with Gasteiger partial charge in [-0.3, -0.25) is 4.79 Å². The number of nitrogens with zero attached hydrogens (tertiary/aromatic N) is 2. The van der Waals surface area contributed by atoms with Crippen molar-refractivity contribution in [3.8, 4) is 10.6 Å². The Hall–Kier alpha value is -1.53. The fraction of sp³-hybridized carbons (Fsp3) is 0.417. The molecule has 2 rings (SSSR count). The Bertz CT molecular complexity index is 529. The molecule has 0 saturated carbocycles. The molecule has 2 N–H and O–H groups in total. The molecule has 0 saturated heterocycles. The summed E-state index contributed by atoms with van der Waals surface area (Å²) in [6.45, 7) is 4.10. The Morgan fingerprint density at radius 3 is 2.94 bits per heavy atom. The van der Waals surface area contributed by atoms with Crippen LogP contribution in [0.5, 0.6) is 0 Å². The largest absolute Gasteiger partial charge is 0.328 e. The number of aromatic nitrogens is 3. The molecule has 0 radical (unpaired) electrons. The zero-order chi connectivity index (χ0) is 12.8. The lowest BCUT2D eigenvalue weighted by molar-refractivity contribution is 0.668. The van der Waals surface area contributed by atoms with Crippen molar-refractivity contribution in [2.24, 2.45) is 0 Å². The normalized spacial score (nSPS) is 10.7. The van der Waals surface area contributed by atoms with E-state index < -0.39 is 0 Å². The number of pyridine rings is 1. The van der Waals surface area contributed by atoms with E-state index in [2.05, 4.69) is 27.4 Å². The zero-order valence-corrected chi connectivity index (χ0v) is 11.1. The third-order valence-electron chi connectivity index (χ3n) is 2.44. The van der Waals surface area contributed by atoms with Gasteiger partial charge in [0.25, 0.3) is 0 Å². The van der Waals surface area contributed by atoms with Gasteiger partial charge in [-0.25, -0.2) is 0 Å². The lowest BCUT2D eigenvalue weighted by Crippen LogP contribution is -2.17. The minimum atomic E-state index is -0.104. The Morgan fingerprint density at radius 2 is 2.22 bits per heavy atom. The van der Waals surface area contributed by atoms with Crippen LogP contribution in [-0.2, 0) is 6.42 Å². The van der Waals surface area contributed by atoms with Gasteiger partial charge in [0, 0.05) is 30.8 Å². The first kappa shape index (κ1) is 12.9. The molecule has 0 spiro atoms. The zero-order valence-electron chi connectivity index (χ0n) is 10.3. The van der Waals surface area contributed by atoms with E-state index in [1.54, 1.807) is 23.6 Å². The summed E-state index contributed by atoms with van der Waals surface area (Å²) >= 11 is 1.57. The molecule has 2 aromatic heterocycles. The molecule has 0 unspecified atom stereocenters. The predicted octanol–water partition coefficient (Wildman–Crippen LogP) is 1.44. The Kier molecular flexibility index (Phi) is 4.60. The fourth-order valence-corrected chi connectivity index (χ4v) is 2.35. The summed E-state index contributed by atoms with van der Waals surface area (Å²) < 4.78 is 0. The Labute approximate surface area is 109 Å². The summed E-state index contributed by atoms with van der Waals surface area (Å²) in [6.07, 6.45) is 3.70. The first-order valence-electron chi connectivity index (χ1n) is 6.02. The second-order valence-corrected chi connectivity index (χ2v) is 5.00. The average molecular weight is 264 g/mol. The van der Waals surface area contributed by atoms with Crippen LogP contribution in [0.3, 0.4) is 0 Å². The first-order valence-corrected chi connectivity index (χ1v) is 6.83. The Balaban J connectivity index is 1.97. The molecule has 5 nitrogen and oxygen atoms in total. The van der Waals surface area contributed by atoms with Crippen molar-refractivity contribution in [3.63, 3.8) is 0 Å². The van der Waals surface area contributed by atoms with Gasteiger partial charge in [0.2, 0.25) is 5.56 Å². The second-order valence-electron chi connectivity index (χ2n) is 3.94. The molecular formula is C12H16N4OS. The Morgan fingerprint density at radius 1 is 1.33 bits per heavy atom. The molecule has 0 aliphatic heterocycles. The number of hydrogen-bond donors (Lipinski definition) is 2. The molecule has 0 fully saturated rings. The molecule has 2 aromatic rings. The molecule has 2 heterocycles. The van der Waals surface area contributed by atoms with Crippen LogP contribution < -0.4 is 10.9 Å². The maximum absolute atomic E-state index is 11.0. The molecule has 18 heavy (non-hydrogen) atoms. The average Bonchev–Trinajstić information content (AvgIpc) is 2.84. The van der Waals surface area contributed by atoms with Gasteiger partial charge in [-0.2, -0.15) is 0 Å². The predicted molar refractivity (Wildman–Crippen MR) is 72.8 cm³/mol. The van der Waals surface area contributed by atoms with Gasteiger partial charge in [0.05, 0.1) is 0 Å². The van der Waals surface area contributed by atoms with Crippen LogP contribution in [0.15, 0.2) is 23.1 Å². The number of H-pyrrole nitrogens is 1. The van der Waals surface area contributed by atoms with E-state index in [1.165, 1.54) is 6.07 Å². The van der Waals surface area contributed by atoms with Crippen molar-refractivity contribution < 1.29 is 0 Å². The third-order valence-corrected chi connectivity index (χ3v) is 3.47. The van der Waals surface area contributed by atoms with E-state index >= 15 is 0 Å². The maximum Gasteiger partial charge on any atom is 0.247 e. The lowest BCUT2D eigenvalue weighted by atomic mass is 10.3. The van der Waals surface area contributed by atoms with Crippen LogP contribution in [0, 0.1) is 0 Å². The van der Waals surface area contributed by atoms with Crippen LogP contribution in [-0.4, -0.2) is 28.3 Å². The van der Waals surface area contributed by atoms with Crippen LogP contribution >= 0.6 is 11.3 Å². The molecule has 0 amide bonds. The van der Waals surface area contributed by atoms with Gasteiger partial charge in [-0.1, -0.05) is 18.3 Å². The van der Waals surface area contributed by atoms with Crippen molar-refractivity contribution in [3.05, 3.63) is 33.7 Å². The first-order chi connectivity index (χ1) is 8.79. The topological polar surface area (TPSA) is 70.7 Å². The molecule has 0 atom stereocenters. The molecule has 0 aromatic carbocycles. The van der Waals surface area contributed by atoms with Crippen LogP contribution in [0.1, 0.15) is 18.4 Å². The van der Waals surface area contributed by atoms with Crippen molar-refractivity contribution >= 4 is 11.3 Å². The van der Waals surface area contributed by atoms with Crippen LogP contribution in [0.2, 0.25) is 0 Å². The fourth-order valence-electron chi connectivity index (χ4n) is 1.51. The molecule has 0 aliphatic carbocycles. The highest BCUT2D eigenvalue weighted by atomic mass is 32.1. The minimum absolute atomic E-state index is 0.104. The molecular weight excluding hydrogens is 248 g/mol. The van der Waals surface area contributed by atoms with E-state index in [-0.39, 0.29) is 5.56 Å². The number of rotatable bonds is 6. The smallest absolute Gasteiger partial charge is 0.247 e. The van der Waals surface area contributed by atoms with Crippen molar-refractivity contribution in [1.29, 1.82) is 0 Å². The van der Waals surface area contributed by atoms with Gasteiger partial charge in [-0.05, 0) is 19.0 Å². The van der Waals surface area contributed by atoms with Crippen molar-refractivity contribution in [1.82, 2.24) is 20.5 Å². The number of hydrogen-bond acceptors (Lipinski definition) is 5. The second kappa shape index (κ2) is 6.42. The van der Waals surface area contributed by atoms with Gasteiger partial charge >= 0.3 is 0 Å². The summed E-state index contributed by atoms with van der Waals surface area (Å²) in [5.41, 5.74) is 0.798. The molecule has 0 aliphatic rings.